The third-order valence-corrected chi connectivity index (χ3v) is 6.56. The van der Waals surface area contributed by atoms with Gasteiger partial charge in [-0.25, -0.2) is 0 Å². The number of esters is 1. The Morgan fingerprint density at radius 1 is 1.09 bits per heavy atom. The van der Waals surface area contributed by atoms with Crippen LogP contribution in [0.5, 0.6) is 11.6 Å². The normalized spacial score (nSPS) is 17.4. The minimum Gasteiger partial charge on any atom is -0.466 e. The maximum absolute atomic E-state index is 12.0. The average Bonchev–Trinajstić information content (AvgIpc) is 2.85. The van der Waals surface area contributed by atoms with Crippen molar-refractivity contribution in [1.29, 1.82) is 0 Å². The molecule has 1 saturated carbocycles. The summed E-state index contributed by atoms with van der Waals surface area (Å²) < 4.78 is 11.0. The van der Waals surface area contributed by atoms with Crippen molar-refractivity contribution in [2.24, 2.45) is 5.92 Å². The first kappa shape index (κ1) is 23.7. The van der Waals surface area contributed by atoms with Gasteiger partial charge in [-0.1, -0.05) is 12.1 Å². The highest BCUT2D eigenvalue weighted by molar-refractivity contribution is 5.79. The fraction of sp³-hybridized carbons (Fsp3) is 0.480. The van der Waals surface area contributed by atoms with Gasteiger partial charge >= 0.3 is 11.7 Å². The summed E-state index contributed by atoms with van der Waals surface area (Å²) in [6.07, 6.45) is 4.12. The maximum atomic E-state index is 12.0. The molecule has 1 aliphatic heterocycles. The van der Waals surface area contributed by atoms with E-state index in [1.807, 2.05) is 29.2 Å². The largest absolute Gasteiger partial charge is 0.466 e. The Hall–Kier alpha value is -3.49. The van der Waals surface area contributed by atoms with Gasteiger partial charge in [-0.3, -0.25) is 19.7 Å². The number of hydrogen-bond acceptors (Lipinski definition) is 8. The van der Waals surface area contributed by atoms with Crippen LogP contribution < -0.4 is 9.64 Å². The van der Waals surface area contributed by atoms with Crippen molar-refractivity contribution in [1.82, 2.24) is 4.98 Å². The number of ketones is 1. The van der Waals surface area contributed by atoms with E-state index in [0.717, 1.165) is 12.8 Å². The Labute approximate surface area is 198 Å². The van der Waals surface area contributed by atoms with Crippen LogP contribution in [0.25, 0.3) is 0 Å². The van der Waals surface area contributed by atoms with Crippen LogP contribution in [0.1, 0.15) is 56.9 Å². The SMILES string of the molecule is CCOC(=O)C1CCN(c2nc(Oc3ccc(C4CCC(=O)CC4)cc3)ccc2[N+](=O)[O-])CC1. The fourth-order valence-electron chi connectivity index (χ4n) is 4.64. The highest BCUT2D eigenvalue weighted by Gasteiger charge is 2.30. The topological polar surface area (TPSA) is 112 Å². The fourth-order valence-corrected chi connectivity index (χ4v) is 4.64. The molecular weight excluding hydrogens is 438 g/mol. The number of piperidine rings is 1. The predicted molar refractivity (Wildman–Crippen MR) is 125 cm³/mol. The molecule has 0 N–H and O–H groups in total. The van der Waals surface area contributed by atoms with E-state index >= 15 is 0 Å². The Morgan fingerprint density at radius 3 is 2.38 bits per heavy atom. The van der Waals surface area contributed by atoms with Crippen molar-refractivity contribution >= 4 is 23.3 Å². The van der Waals surface area contributed by atoms with Crippen molar-refractivity contribution in [3.63, 3.8) is 0 Å². The molecule has 4 rings (SSSR count). The number of benzene rings is 1. The Kier molecular flexibility index (Phi) is 7.40. The van der Waals surface area contributed by atoms with Crippen molar-refractivity contribution in [2.45, 2.75) is 51.4 Å². The Morgan fingerprint density at radius 2 is 1.76 bits per heavy atom. The van der Waals surface area contributed by atoms with E-state index in [4.69, 9.17) is 9.47 Å². The van der Waals surface area contributed by atoms with E-state index in [9.17, 15) is 19.7 Å². The van der Waals surface area contributed by atoms with Gasteiger partial charge in [-0.15, -0.1) is 0 Å². The molecule has 1 saturated heterocycles. The molecule has 0 amide bonds. The summed E-state index contributed by atoms with van der Waals surface area (Å²) in [6.45, 7) is 3.06. The molecule has 0 bridgehead atoms. The van der Waals surface area contributed by atoms with Crippen LogP contribution in [0.3, 0.4) is 0 Å². The number of aromatic nitrogens is 1. The van der Waals surface area contributed by atoms with E-state index in [1.54, 1.807) is 6.92 Å². The molecule has 0 atom stereocenters. The van der Waals surface area contributed by atoms with Crippen molar-refractivity contribution in [2.75, 3.05) is 24.6 Å². The number of anilines is 1. The van der Waals surface area contributed by atoms with Gasteiger partial charge in [0.2, 0.25) is 11.7 Å². The monoisotopic (exact) mass is 467 g/mol. The molecule has 1 aromatic carbocycles. The summed E-state index contributed by atoms with van der Waals surface area (Å²) in [5.74, 6) is 1.40. The number of nitrogens with zero attached hydrogens (tertiary/aromatic N) is 3. The number of carbonyl (C=O) groups excluding carboxylic acids is 2. The molecule has 0 spiro atoms. The van der Waals surface area contributed by atoms with E-state index in [1.165, 1.54) is 17.7 Å². The number of Topliss-reactive ketones (excluding diaryl/α,β-unsaturated/α-hetero) is 1. The molecule has 0 unspecified atom stereocenters. The zero-order chi connectivity index (χ0) is 24.1. The Balaban J connectivity index is 1.45. The molecule has 34 heavy (non-hydrogen) atoms. The molecular formula is C25H29N3O6. The molecule has 1 aromatic heterocycles. The first-order chi connectivity index (χ1) is 16.4. The van der Waals surface area contributed by atoms with E-state index in [2.05, 4.69) is 4.98 Å². The standard InChI is InChI=1S/C25H29N3O6/c1-2-33-25(30)19-13-15-27(16-14-19)24-22(28(31)32)11-12-23(26-24)34-21-9-5-18(6-10-21)17-3-7-20(29)8-4-17/h5-6,9-12,17,19H,2-4,7-8,13-16H2,1H3. The molecule has 2 fully saturated rings. The van der Waals surface area contributed by atoms with Gasteiger partial charge in [0.1, 0.15) is 11.5 Å². The first-order valence-corrected chi connectivity index (χ1v) is 11.8. The van der Waals surface area contributed by atoms with Crippen LogP contribution in [0, 0.1) is 16.0 Å². The summed E-state index contributed by atoms with van der Waals surface area (Å²) >= 11 is 0. The molecule has 0 radical (unpaired) electrons. The van der Waals surface area contributed by atoms with E-state index in [-0.39, 0.29) is 29.3 Å². The summed E-state index contributed by atoms with van der Waals surface area (Å²) in [6, 6.07) is 10.6. The second-order valence-corrected chi connectivity index (χ2v) is 8.75. The highest BCUT2D eigenvalue weighted by atomic mass is 16.6. The predicted octanol–water partition coefficient (Wildman–Crippen LogP) is 4.79. The number of rotatable bonds is 7. The minimum atomic E-state index is -0.451. The lowest BCUT2D eigenvalue weighted by molar-refractivity contribution is -0.384. The van der Waals surface area contributed by atoms with Crippen molar-refractivity contribution in [3.8, 4) is 11.6 Å². The van der Waals surface area contributed by atoms with Crippen molar-refractivity contribution in [3.05, 3.63) is 52.1 Å². The molecule has 2 heterocycles. The number of carbonyl (C=O) groups is 2. The highest BCUT2D eigenvalue weighted by Crippen LogP contribution is 2.35. The van der Waals surface area contributed by atoms with Gasteiger partial charge in [0.15, 0.2) is 0 Å². The number of hydrogen-bond donors (Lipinski definition) is 0. The van der Waals surface area contributed by atoms with Gasteiger partial charge < -0.3 is 14.4 Å². The summed E-state index contributed by atoms with van der Waals surface area (Å²) in [4.78, 5) is 40.9. The van der Waals surface area contributed by atoms with Crippen LogP contribution in [-0.2, 0) is 14.3 Å². The second-order valence-electron chi connectivity index (χ2n) is 8.75. The van der Waals surface area contributed by atoms with Gasteiger partial charge in [-0.05, 0) is 56.2 Å². The lowest BCUT2D eigenvalue weighted by atomic mass is 9.83. The molecule has 2 aromatic rings. The molecule has 2 aliphatic rings. The first-order valence-electron chi connectivity index (χ1n) is 11.8. The summed E-state index contributed by atoms with van der Waals surface area (Å²) in [7, 11) is 0. The lowest BCUT2D eigenvalue weighted by Crippen LogP contribution is -2.37. The van der Waals surface area contributed by atoms with Crippen LogP contribution in [0.15, 0.2) is 36.4 Å². The van der Waals surface area contributed by atoms with Crippen LogP contribution in [0.2, 0.25) is 0 Å². The third-order valence-electron chi connectivity index (χ3n) is 6.56. The van der Waals surface area contributed by atoms with Crippen LogP contribution in [-0.4, -0.2) is 41.4 Å². The van der Waals surface area contributed by atoms with E-state index < -0.39 is 4.92 Å². The molecule has 180 valence electrons. The Bertz CT molecular complexity index is 1040. The van der Waals surface area contributed by atoms with Crippen LogP contribution >= 0.6 is 0 Å². The smallest absolute Gasteiger partial charge is 0.311 e. The quantitative estimate of drug-likeness (QED) is 0.325. The second kappa shape index (κ2) is 10.6. The minimum absolute atomic E-state index is 0.0934. The summed E-state index contributed by atoms with van der Waals surface area (Å²) in [5.41, 5.74) is 1.09. The maximum Gasteiger partial charge on any atom is 0.311 e. The van der Waals surface area contributed by atoms with Gasteiger partial charge in [0, 0.05) is 38.1 Å². The van der Waals surface area contributed by atoms with Gasteiger partial charge in [0.25, 0.3) is 0 Å². The van der Waals surface area contributed by atoms with Crippen molar-refractivity contribution < 1.29 is 24.0 Å². The van der Waals surface area contributed by atoms with E-state index in [0.29, 0.717) is 62.8 Å². The summed E-state index contributed by atoms with van der Waals surface area (Å²) in [5, 5.41) is 11.6. The number of pyridine rings is 1. The number of nitro groups is 1. The molecule has 1 aliphatic carbocycles. The average molecular weight is 468 g/mol. The third kappa shape index (κ3) is 5.52. The van der Waals surface area contributed by atoms with Crippen LogP contribution in [0.4, 0.5) is 11.5 Å². The number of ether oxygens (including phenoxy) is 2. The molecule has 9 nitrogen and oxygen atoms in total. The zero-order valence-corrected chi connectivity index (χ0v) is 19.3. The lowest BCUT2D eigenvalue weighted by Gasteiger charge is -2.31. The molecule has 9 heteroatoms. The van der Waals surface area contributed by atoms with Gasteiger partial charge in [0.05, 0.1) is 17.4 Å². The van der Waals surface area contributed by atoms with Gasteiger partial charge in [-0.2, -0.15) is 4.98 Å². The zero-order valence-electron chi connectivity index (χ0n) is 19.3.